The van der Waals surface area contributed by atoms with Gasteiger partial charge in [0.05, 0.1) is 25.4 Å². The zero-order valence-corrected chi connectivity index (χ0v) is 18.1. The summed E-state index contributed by atoms with van der Waals surface area (Å²) >= 11 is 0. The Labute approximate surface area is 172 Å². The standard InChI is InChI=1S/C20H34O9/c1-9-19(23,28-17(21)13(3)4)26-15(7)11-25-12-16(8)27-20(24,10-2)29-18(22)14(5)6/h15-16,23-24H,3,5,9-12H2,1-2,4,6-8H3. The number of esters is 2. The SMILES string of the molecule is C=C(C)C(=O)OC(O)(CC)OC(C)COCC(C)OC(O)(CC)OC(=O)C(=C)C. The molecule has 0 bridgehead atoms. The van der Waals surface area contributed by atoms with E-state index in [-0.39, 0.29) is 37.2 Å². The number of hydrogen-bond acceptors (Lipinski definition) is 9. The molecule has 9 nitrogen and oxygen atoms in total. The first kappa shape index (κ1) is 27.2. The molecular formula is C20H34O9. The van der Waals surface area contributed by atoms with Crippen molar-refractivity contribution in [3.05, 3.63) is 24.3 Å². The number of carbonyl (C=O) groups is 2. The molecule has 2 N–H and O–H groups in total. The molecule has 4 unspecified atom stereocenters. The molecule has 0 heterocycles. The number of hydrogen-bond donors (Lipinski definition) is 2. The molecule has 0 aliphatic heterocycles. The first-order valence-corrected chi connectivity index (χ1v) is 9.43. The van der Waals surface area contributed by atoms with Crippen LogP contribution in [0.25, 0.3) is 0 Å². The minimum atomic E-state index is -2.10. The van der Waals surface area contributed by atoms with Crippen molar-refractivity contribution in [3.8, 4) is 0 Å². The van der Waals surface area contributed by atoms with Crippen molar-refractivity contribution in [1.82, 2.24) is 0 Å². The van der Waals surface area contributed by atoms with Crippen molar-refractivity contribution in [1.29, 1.82) is 0 Å². The van der Waals surface area contributed by atoms with E-state index in [2.05, 4.69) is 13.2 Å². The van der Waals surface area contributed by atoms with Gasteiger partial charge in [-0.3, -0.25) is 0 Å². The lowest BCUT2D eigenvalue weighted by Crippen LogP contribution is -2.42. The van der Waals surface area contributed by atoms with E-state index < -0.39 is 36.1 Å². The van der Waals surface area contributed by atoms with Gasteiger partial charge in [0.1, 0.15) is 0 Å². The average molecular weight is 418 g/mol. The minimum absolute atomic E-state index is 0.00743. The van der Waals surface area contributed by atoms with Crippen LogP contribution in [-0.4, -0.2) is 59.5 Å². The fraction of sp³-hybridized carbons (Fsp3) is 0.700. The second kappa shape index (κ2) is 12.0. The number of ether oxygens (including phenoxy) is 5. The highest BCUT2D eigenvalue weighted by molar-refractivity contribution is 5.87. The Morgan fingerprint density at radius 3 is 1.38 bits per heavy atom. The Morgan fingerprint density at radius 1 is 0.828 bits per heavy atom. The summed E-state index contributed by atoms with van der Waals surface area (Å²) in [6.45, 7) is 16.3. The van der Waals surface area contributed by atoms with Crippen molar-refractivity contribution in [2.75, 3.05) is 13.2 Å². The summed E-state index contributed by atoms with van der Waals surface area (Å²) in [4.78, 5) is 23.2. The van der Waals surface area contributed by atoms with Crippen molar-refractivity contribution in [3.63, 3.8) is 0 Å². The Bertz CT molecular complexity index is 539. The Kier molecular flexibility index (Phi) is 11.3. The maximum atomic E-state index is 11.6. The van der Waals surface area contributed by atoms with Gasteiger partial charge in [0.25, 0.3) is 0 Å². The van der Waals surface area contributed by atoms with Crippen molar-refractivity contribution < 1.29 is 43.5 Å². The van der Waals surface area contributed by atoms with Crippen LogP contribution in [0.3, 0.4) is 0 Å². The zero-order valence-electron chi connectivity index (χ0n) is 18.1. The number of aliphatic hydroxyl groups is 2. The lowest BCUT2D eigenvalue weighted by atomic mass is 10.3. The van der Waals surface area contributed by atoms with Gasteiger partial charge in [-0.2, -0.15) is 0 Å². The molecule has 0 saturated carbocycles. The highest BCUT2D eigenvalue weighted by Gasteiger charge is 2.35. The third-order valence-electron chi connectivity index (χ3n) is 3.57. The third kappa shape index (κ3) is 10.5. The summed E-state index contributed by atoms with van der Waals surface area (Å²) < 4.78 is 26.0. The molecule has 0 saturated heterocycles. The third-order valence-corrected chi connectivity index (χ3v) is 3.57. The molecule has 0 radical (unpaired) electrons. The predicted molar refractivity (Wildman–Crippen MR) is 104 cm³/mol. The van der Waals surface area contributed by atoms with Crippen LogP contribution in [-0.2, 0) is 33.3 Å². The van der Waals surface area contributed by atoms with Gasteiger partial charge < -0.3 is 33.9 Å². The summed E-state index contributed by atoms with van der Waals surface area (Å²) in [7, 11) is 0. The maximum absolute atomic E-state index is 11.6. The zero-order chi connectivity index (χ0) is 22.8. The largest absolute Gasteiger partial charge is 0.405 e. The van der Waals surface area contributed by atoms with Crippen molar-refractivity contribution >= 4 is 11.9 Å². The van der Waals surface area contributed by atoms with Crippen molar-refractivity contribution in [2.45, 2.75) is 78.5 Å². The fourth-order valence-corrected chi connectivity index (χ4v) is 1.92. The lowest BCUT2D eigenvalue weighted by Gasteiger charge is -2.30. The molecule has 4 atom stereocenters. The van der Waals surface area contributed by atoms with Crippen LogP contribution in [0.5, 0.6) is 0 Å². The average Bonchev–Trinajstić information content (AvgIpc) is 2.60. The van der Waals surface area contributed by atoms with E-state index in [9.17, 15) is 19.8 Å². The number of carbonyl (C=O) groups excluding carboxylic acids is 2. The summed E-state index contributed by atoms with van der Waals surface area (Å²) in [5.41, 5.74) is 0.261. The Balaban J connectivity index is 4.54. The molecule has 0 rings (SSSR count). The van der Waals surface area contributed by atoms with Crippen LogP contribution in [0.1, 0.15) is 54.4 Å². The topological polar surface area (TPSA) is 121 Å². The van der Waals surface area contributed by atoms with Gasteiger partial charge >= 0.3 is 23.9 Å². The van der Waals surface area contributed by atoms with E-state index in [1.54, 1.807) is 27.7 Å². The molecular weight excluding hydrogens is 384 g/mol. The highest BCUT2D eigenvalue weighted by Crippen LogP contribution is 2.20. The highest BCUT2D eigenvalue weighted by atomic mass is 16.8. The van der Waals surface area contributed by atoms with Crippen molar-refractivity contribution in [2.24, 2.45) is 0 Å². The van der Waals surface area contributed by atoms with E-state index in [0.29, 0.717) is 0 Å². The molecule has 0 fully saturated rings. The molecule has 0 aromatic heterocycles. The first-order chi connectivity index (χ1) is 13.3. The van der Waals surface area contributed by atoms with Crippen LogP contribution >= 0.6 is 0 Å². The molecule has 0 aliphatic carbocycles. The molecule has 0 spiro atoms. The molecule has 0 aliphatic rings. The molecule has 168 valence electrons. The smallest absolute Gasteiger partial charge is 0.337 e. The monoisotopic (exact) mass is 418 g/mol. The molecule has 0 amide bonds. The van der Waals surface area contributed by atoms with Gasteiger partial charge in [0.2, 0.25) is 0 Å². The van der Waals surface area contributed by atoms with Crippen LogP contribution in [0.4, 0.5) is 0 Å². The van der Waals surface area contributed by atoms with Gasteiger partial charge in [0.15, 0.2) is 0 Å². The van der Waals surface area contributed by atoms with Crippen LogP contribution in [0, 0.1) is 0 Å². The van der Waals surface area contributed by atoms with Crippen LogP contribution in [0.15, 0.2) is 24.3 Å². The summed E-state index contributed by atoms with van der Waals surface area (Å²) in [5, 5.41) is 20.5. The van der Waals surface area contributed by atoms with Gasteiger partial charge in [-0.25, -0.2) is 9.59 Å². The second-order valence-electron chi connectivity index (χ2n) is 6.87. The van der Waals surface area contributed by atoms with Crippen LogP contribution in [0.2, 0.25) is 0 Å². The summed E-state index contributed by atoms with van der Waals surface area (Å²) in [6.07, 6.45) is -1.24. The predicted octanol–water partition coefficient (Wildman–Crippen LogP) is 2.16. The first-order valence-electron chi connectivity index (χ1n) is 9.43. The van der Waals surface area contributed by atoms with Gasteiger partial charge in [-0.15, -0.1) is 0 Å². The summed E-state index contributed by atoms with van der Waals surface area (Å²) in [5.74, 6) is -5.74. The fourth-order valence-electron chi connectivity index (χ4n) is 1.92. The van der Waals surface area contributed by atoms with Gasteiger partial charge in [-0.05, 0) is 27.7 Å². The summed E-state index contributed by atoms with van der Waals surface area (Å²) in [6, 6.07) is 0. The van der Waals surface area contributed by atoms with E-state index >= 15 is 0 Å². The van der Waals surface area contributed by atoms with Gasteiger partial charge in [0, 0.05) is 24.0 Å². The quantitative estimate of drug-likeness (QED) is 0.248. The lowest BCUT2D eigenvalue weighted by molar-refractivity contribution is -0.362. The van der Waals surface area contributed by atoms with E-state index in [1.807, 2.05) is 0 Å². The Morgan fingerprint density at radius 2 is 1.14 bits per heavy atom. The molecule has 29 heavy (non-hydrogen) atoms. The molecule has 0 aromatic carbocycles. The van der Waals surface area contributed by atoms with E-state index in [4.69, 9.17) is 23.7 Å². The maximum Gasteiger partial charge on any atom is 0.337 e. The van der Waals surface area contributed by atoms with E-state index in [0.717, 1.165) is 0 Å². The van der Waals surface area contributed by atoms with Crippen LogP contribution < -0.4 is 0 Å². The molecule has 0 aromatic rings. The van der Waals surface area contributed by atoms with E-state index in [1.165, 1.54) is 13.8 Å². The second-order valence-corrected chi connectivity index (χ2v) is 6.87. The molecule has 9 heteroatoms. The number of rotatable bonds is 14. The normalized spacial score (nSPS) is 17.4. The minimum Gasteiger partial charge on any atom is -0.405 e. The Hall–Kier alpha value is -1.78. The van der Waals surface area contributed by atoms with Gasteiger partial charge in [-0.1, -0.05) is 27.0 Å².